The van der Waals surface area contributed by atoms with E-state index in [4.69, 9.17) is 31.5 Å². The molecule has 1 aromatic heterocycles. The highest BCUT2D eigenvalue weighted by Gasteiger charge is 2.18. The predicted molar refractivity (Wildman–Crippen MR) is 67.9 cm³/mol. The van der Waals surface area contributed by atoms with Crippen LogP contribution in [0, 0.1) is 6.92 Å². The number of rotatable bonds is 4. The molecule has 0 aliphatic carbocycles. The highest BCUT2D eigenvalue weighted by Crippen LogP contribution is 2.30. The van der Waals surface area contributed by atoms with Crippen LogP contribution in [0.25, 0.3) is 0 Å². The summed E-state index contributed by atoms with van der Waals surface area (Å²) in [4.78, 5) is 3.71. The van der Waals surface area contributed by atoms with Gasteiger partial charge in [-0.3, -0.25) is 0 Å². The normalized spacial score (nSPS) is 11.5. The van der Waals surface area contributed by atoms with E-state index in [0.717, 1.165) is 0 Å². The molecular weight excluding hydrogens is 315 g/mol. The standard InChI is InChI=1S/C10H8Cl2N2O4S/c1-6-13-10(18-14-6)5-17-8-3-2-7(11)4-9(8)19(12,15)16/h2-4H,5H2,1H3. The molecule has 19 heavy (non-hydrogen) atoms. The molecule has 0 saturated carbocycles. The van der Waals surface area contributed by atoms with Crippen molar-refractivity contribution < 1.29 is 17.7 Å². The van der Waals surface area contributed by atoms with E-state index in [1.807, 2.05) is 0 Å². The highest BCUT2D eigenvalue weighted by molar-refractivity contribution is 8.13. The molecular formula is C10H8Cl2N2O4S. The second-order valence-electron chi connectivity index (χ2n) is 3.55. The van der Waals surface area contributed by atoms with Crippen molar-refractivity contribution in [1.29, 1.82) is 0 Å². The maximum Gasteiger partial charge on any atom is 0.265 e. The van der Waals surface area contributed by atoms with Crippen molar-refractivity contribution in [1.82, 2.24) is 10.1 Å². The lowest BCUT2D eigenvalue weighted by Gasteiger charge is -2.07. The molecule has 0 aliphatic heterocycles. The largest absolute Gasteiger partial charge is 0.482 e. The quantitative estimate of drug-likeness (QED) is 0.804. The summed E-state index contributed by atoms with van der Waals surface area (Å²) in [5.74, 6) is 0.750. The number of nitrogens with zero attached hydrogens (tertiary/aromatic N) is 2. The van der Waals surface area contributed by atoms with Crippen molar-refractivity contribution in [2.75, 3.05) is 0 Å². The number of benzene rings is 1. The van der Waals surface area contributed by atoms with Gasteiger partial charge in [0.15, 0.2) is 12.4 Å². The van der Waals surface area contributed by atoms with Crippen LogP contribution in [0.15, 0.2) is 27.6 Å². The number of aryl methyl sites for hydroxylation is 1. The third-order valence-electron chi connectivity index (χ3n) is 2.09. The molecule has 2 rings (SSSR count). The van der Waals surface area contributed by atoms with E-state index in [-0.39, 0.29) is 28.2 Å². The number of hydrogen-bond acceptors (Lipinski definition) is 6. The van der Waals surface area contributed by atoms with Gasteiger partial charge in [-0.25, -0.2) is 8.42 Å². The lowest BCUT2D eigenvalue weighted by molar-refractivity contribution is 0.238. The zero-order valence-corrected chi connectivity index (χ0v) is 12.0. The summed E-state index contributed by atoms with van der Waals surface area (Å²) >= 11 is 5.72. The SMILES string of the molecule is Cc1noc(COc2ccc(Cl)cc2S(=O)(=O)Cl)n1. The molecule has 0 bridgehead atoms. The number of hydrogen-bond donors (Lipinski definition) is 0. The molecule has 0 spiro atoms. The first-order valence-electron chi connectivity index (χ1n) is 5.02. The van der Waals surface area contributed by atoms with Crippen LogP contribution in [-0.4, -0.2) is 18.6 Å². The lowest BCUT2D eigenvalue weighted by Crippen LogP contribution is -2.01. The van der Waals surface area contributed by atoms with E-state index in [9.17, 15) is 8.42 Å². The number of aromatic nitrogens is 2. The smallest absolute Gasteiger partial charge is 0.265 e. The average Bonchev–Trinajstić information content (AvgIpc) is 2.72. The summed E-state index contributed by atoms with van der Waals surface area (Å²) in [7, 11) is 1.34. The zero-order chi connectivity index (χ0) is 14.0. The fourth-order valence-corrected chi connectivity index (χ4v) is 2.56. The maximum absolute atomic E-state index is 11.4. The molecule has 2 aromatic rings. The molecule has 0 unspecified atom stereocenters. The van der Waals surface area contributed by atoms with Crippen molar-refractivity contribution >= 4 is 31.3 Å². The van der Waals surface area contributed by atoms with E-state index < -0.39 is 9.05 Å². The predicted octanol–water partition coefficient (Wildman–Crippen LogP) is 2.54. The van der Waals surface area contributed by atoms with Crippen LogP contribution < -0.4 is 4.74 Å². The van der Waals surface area contributed by atoms with Crippen LogP contribution in [-0.2, 0) is 15.7 Å². The maximum atomic E-state index is 11.4. The lowest BCUT2D eigenvalue weighted by atomic mass is 10.3. The van der Waals surface area contributed by atoms with Gasteiger partial charge in [0.1, 0.15) is 10.6 Å². The molecule has 1 heterocycles. The average molecular weight is 323 g/mol. The van der Waals surface area contributed by atoms with E-state index >= 15 is 0 Å². The van der Waals surface area contributed by atoms with Crippen molar-refractivity contribution in [2.45, 2.75) is 18.4 Å². The number of ether oxygens (including phenoxy) is 1. The molecule has 6 nitrogen and oxygen atoms in total. The fourth-order valence-electron chi connectivity index (χ4n) is 1.33. The first-order chi connectivity index (χ1) is 8.86. The molecule has 0 N–H and O–H groups in total. The Kier molecular flexibility index (Phi) is 3.98. The Balaban J connectivity index is 2.25. The van der Waals surface area contributed by atoms with Gasteiger partial charge >= 0.3 is 0 Å². The first-order valence-corrected chi connectivity index (χ1v) is 7.71. The van der Waals surface area contributed by atoms with Gasteiger partial charge in [-0.1, -0.05) is 16.8 Å². The minimum absolute atomic E-state index is 0.0650. The first kappa shape index (κ1) is 14.1. The molecule has 1 aromatic carbocycles. The Labute approximate surface area is 118 Å². The van der Waals surface area contributed by atoms with Crippen LogP contribution in [0.2, 0.25) is 5.02 Å². The monoisotopic (exact) mass is 322 g/mol. The van der Waals surface area contributed by atoms with Gasteiger partial charge < -0.3 is 9.26 Å². The molecule has 0 amide bonds. The van der Waals surface area contributed by atoms with Gasteiger partial charge in [0, 0.05) is 15.7 Å². The molecule has 9 heteroatoms. The van der Waals surface area contributed by atoms with Gasteiger partial charge in [0.25, 0.3) is 14.9 Å². The summed E-state index contributed by atoms with van der Waals surface area (Å²) in [6, 6.07) is 4.10. The van der Waals surface area contributed by atoms with Crippen molar-refractivity contribution in [3.8, 4) is 5.75 Å². The number of halogens is 2. The Bertz CT molecular complexity index is 699. The topological polar surface area (TPSA) is 82.3 Å². The Morgan fingerprint density at radius 2 is 2.16 bits per heavy atom. The second-order valence-corrected chi connectivity index (χ2v) is 6.52. The van der Waals surface area contributed by atoms with Gasteiger partial charge in [-0.15, -0.1) is 0 Å². The molecule has 0 radical (unpaired) electrons. The summed E-state index contributed by atoms with van der Waals surface area (Å²) in [5, 5.41) is 3.82. The van der Waals surface area contributed by atoms with Gasteiger partial charge in [0.05, 0.1) is 0 Å². The van der Waals surface area contributed by atoms with Crippen LogP contribution in [0.4, 0.5) is 0 Å². The minimum Gasteiger partial charge on any atom is -0.482 e. The Morgan fingerprint density at radius 3 is 2.74 bits per heavy atom. The van der Waals surface area contributed by atoms with E-state index in [1.165, 1.54) is 18.2 Å². The van der Waals surface area contributed by atoms with Gasteiger partial charge in [-0.05, 0) is 25.1 Å². The molecule has 0 aliphatic rings. The van der Waals surface area contributed by atoms with Crippen LogP contribution >= 0.6 is 22.3 Å². The van der Waals surface area contributed by atoms with E-state index in [2.05, 4.69) is 10.1 Å². The molecule has 0 fully saturated rings. The fraction of sp³-hybridized carbons (Fsp3) is 0.200. The van der Waals surface area contributed by atoms with Crippen LogP contribution in [0.1, 0.15) is 11.7 Å². The summed E-state index contributed by atoms with van der Waals surface area (Å²) in [6.45, 7) is 1.59. The van der Waals surface area contributed by atoms with Gasteiger partial charge in [-0.2, -0.15) is 4.98 Å². The molecule has 102 valence electrons. The third-order valence-corrected chi connectivity index (χ3v) is 3.67. The van der Waals surface area contributed by atoms with E-state index in [0.29, 0.717) is 5.82 Å². The highest BCUT2D eigenvalue weighted by atomic mass is 35.7. The third kappa shape index (κ3) is 3.59. The Hall–Kier alpha value is -1.31. The summed E-state index contributed by atoms with van der Waals surface area (Å²) in [6.07, 6.45) is 0. The molecule has 0 saturated heterocycles. The minimum atomic E-state index is -3.96. The van der Waals surface area contributed by atoms with Gasteiger partial charge in [0.2, 0.25) is 0 Å². The molecule has 0 atom stereocenters. The summed E-state index contributed by atoms with van der Waals surface area (Å²) in [5.41, 5.74) is 0. The van der Waals surface area contributed by atoms with Crippen LogP contribution in [0.5, 0.6) is 5.75 Å². The van der Waals surface area contributed by atoms with Crippen molar-refractivity contribution in [2.24, 2.45) is 0 Å². The summed E-state index contributed by atoms with van der Waals surface area (Å²) < 4.78 is 32.9. The zero-order valence-electron chi connectivity index (χ0n) is 9.63. The Morgan fingerprint density at radius 1 is 1.42 bits per heavy atom. The van der Waals surface area contributed by atoms with E-state index in [1.54, 1.807) is 6.92 Å². The van der Waals surface area contributed by atoms with Crippen molar-refractivity contribution in [3.05, 3.63) is 34.9 Å². The second kappa shape index (κ2) is 5.36. The van der Waals surface area contributed by atoms with Crippen molar-refractivity contribution in [3.63, 3.8) is 0 Å². The van der Waals surface area contributed by atoms with Crippen LogP contribution in [0.3, 0.4) is 0 Å².